The van der Waals surface area contributed by atoms with Gasteiger partial charge in [-0.25, -0.2) is 9.98 Å². The van der Waals surface area contributed by atoms with Crippen LogP contribution in [0.15, 0.2) is 53.7 Å². The molecule has 1 aliphatic rings. The minimum absolute atomic E-state index is 0. The SMILES string of the molecule is I.NC(=NCc1cccnc1OC1CCCC1)NCCc1ccccc1. The quantitative estimate of drug-likeness (QED) is 0.371. The molecule has 140 valence electrons. The molecule has 1 aliphatic carbocycles. The molecule has 0 atom stereocenters. The van der Waals surface area contributed by atoms with Gasteiger partial charge in [0, 0.05) is 18.3 Å². The fourth-order valence-corrected chi connectivity index (χ4v) is 3.02. The van der Waals surface area contributed by atoms with Gasteiger partial charge in [0.2, 0.25) is 5.88 Å². The third-order valence-electron chi connectivity index (χ3n) is 4.41. The maximum absolute atomic E-state index is 6.04. The second-order valence-electron chi connectivity index (χ2n) is 6.36. The smallest absolute Gasteiger partial charge is 0.218 e. The first kappa shape index (κ1) is 20.5. The molecule has 3 N–H and O–H groups in total. The van der Waals surface area contributed by atoms with Gasteiger partial charge in [0.05, 0.1) is 6.54 Å². The lowest BCUT2D eigenvalue weighted by molar-refractivity contribution is 0.199. The highest BCUT2D eigenvalue weighted by molar-refractivity contribution is 14.0. The Morgan fingerprint density at radius 3 is 2.69 bits per heavy atom. The molecule has 0 radical (unpaired) electrons. The molecule has 0 bridgehead atoms. The van der Waals surface area contributed by atoms with E-state index in [0.29, 0.717) is 24.5 Å². The van der Waals surface area contributed by atoms with E-state index in [2.05, 4.69) is 27.4 Å². The number of guanidine groups is 1. The number of nitrogens with zero attached hydrogens (tertiary/aromatic N) is 2. The molecule has 2 aromatic rings. The lowest BCUT2D eigenvalue weighted by atomic mass is 10.1. The molecular weight excluding hydrogens is 439 g/mol. The van der Waals surface area contributed by atoms with Gasteiger partial charge in [-0.3, -0.25) is 0 Å². The van der Waals surface area contributed by atoms with E-state index < -0.39 is 0 Å². The van der Waals surface area contributed by atoms with Crippen LogP contribution in [0, 0.1) is 0 Å². The molecule has 1 heterocycles. The van der Waals surface area contributed by atoms with E-state index in [1.165, 1.54) is 18.4 Å². The molecule has 3 rings (SSSR count). The van der Waals surface area contributed by atoms with Gasteiger partial charge in [0.15, 0.2) is 5.96 Å². The van der Waals surface area contributed by atoms with Crippen molar-refractivity contribution >= 4 is 29.9 Å². The molecule has 0 aliphatic heterocycles. The fourth-order valence-electron chi connectivity index (χ4n) is 3.02. The number of pyridine rings is 1. The second kappa shape index (κ2) is 11.0. The molecule has 26 heavy (non-hydrogen) atoms. The van der Waals surface area contributed by atoms with Gasteiger partial charge in [0.25, 0.3) is 0 Å². The lowest BCUT2D eigenvalue weighted by Gasteiger charge is -2.14. The van der Waals surface area contributed by atoms with Crippen molar-refractivity contribution in [1.29, 1.82) is 0 Å². The van der Waals surface area contributed by atoms with Gasteiger partial charge in [-0.05, 0) is 43.7 Å². The third-order valence-corrected chi connectivity index (χ3v) is 4.41. The van der Waals surface area contributed by atoms with Crippen molar-refractivity contribution in [2.75, 3.05) is 6.54 Å². The summed E-state index contributed by atoms with van der Waals surface area (Å²) in [5.41, 5.74) is 8.23. The number of halogens is 1. The maximum Gasteiger partial charge on any atom is 0.218 e. The summed E-state index contributed by atoms with van der Waals surface area (Å²) < 4.78 is 6.04. The number of nitrogens with one attached hydrogen (secondary N) is 1. The highest BCUT2D eigenvalue weighted by Crippen LogP contribution is 2.25. The van der Waals surface area contributed by atoms with Gasteiger partial charge < -0.3 is 15.8 Å². The number of aromatic nitrogens is 1. The average Bonchev–Trinajstić information content (AvgIpc) is 3.15. The Balaban J connectivity index is 0.00000243. The summed E-state index contributed by atoms with van der Waals surface area (Å²) in [5.74, 6) is 1.14. The van der Waals surface area contributed by atoms with Crippen LogP contribution in [0.2, 0.25) is 0 Å². The Morgan fingerprint density at radius 1 is 1.15 bits per heavy atom. The van der Waals surface area contributed by atoms with E-state index in [1.54, 1.807) is 6.20 Å². The topological polar surface area (TPSA) is 72.5 Å². The zero-order chi connectivity index (χ0) is 17.3. The standard InChI is InChI=1S/C20H26N4O.HI/c21-20(23-14-12-16-7-2-1-3-8-16)24-15-17-9-6-13-22-19(17)25-18-10-4-5-11-18;/h1-3,6-9,13,18H,4-5,10-12,14-15H2,(H3,21,23,24);1H. The number of rotatable bonds is 7. The average molecular weight is 466 g/mol. The summed E-state index contributed by atoms with van der Waals surface area (Å²) in [6.45, 7) is 1.23. The van der Waals surface area contributed by atoms with Gasteiger partial charge in [-0.1, -0.05) is 36.4 Å². The summed E-state index contributed by atoms with van der Waals surface area (Å²) in [6, 6.07) is 14.2. The monoisotopic (exact) mass is 466 g/mol. The molecule has 0 saturated heterocycles. The largest absolute Gasteiger partial charge is 0.474 e. The van der Waals surface area contributed by atoms with Gasteiger partial charge in [-0.2, -0.15) is 0 Å². The minimum atomic E-state index is 0. The number of aliphatic imine (C=N–C) groups is 1. The van der Waals surface area contributed by atoms with E-state index in [9.17, 15) is 0 Å². The number of hydrogen-bond acceptors (Lipinski definition) is 3. The zero-order valence-corrected chi connectivity index (χ0v) is 17.3. The zero-order valence-electron chi connectivity index (χ0n) is 14.9. The van der Waals surface area contributed by atoms with Crippen LogP contribution in [-0.2, 0) is 13.0 Å². The number of nitrogens with two attached hydrogens (primary N) is 1. The fraction of sp³-hybridized carbons (Fsp3) is 0.400. The summed E-state index contributed by atoms with van der Waals surface area (Å²) in [6.07, 6.45) is 7.68. The normalized spacial score (nSPS) is 14.7. The first-order valence-corrected chi connectivity index (χ1v) is 8.99. The van der Waals surface area contributed by atoms with E-state index in [1.807, 2.05) is 30.3 Å². The number of hydrogen-bond donors (Lipinski definition) is 2. The molecule has 1 saturated carbocycles. The van der Waals surface area contributed by atoms with Crippen LogP contribution in [0.25, 0.3) is 0 Å². The summed E-state index contributed by atoms with van der Waals surface area (Å²) in [7, 11) is 0. The van der Waals surface area contributed by atoms with Crippen LogP contribution in [0.5, 0.6) is 5.88 Å². The Morgan fingerprint density at radius 2 is 1.92 bits per heavy atom. The molecule has 0 unspecified atom stereocenters. The van der Waals surface area contributed by atoms with Gasteiger partial charge in [0.1, 0.15) is 6.10 Å². The number of ether oxygens (including phenoxy) is 1. The van der Waals surface area contributed by atoms with E-state index >= 15 is 0 Å². The Hall–Kier alpha value is -1.83. The highest BCUT2D eigenvalue weighted by atomic mass is 127. The predicted molar refractivity (Wildman–Crippen MR) is 116 cm³/mol. The van der Waals surface area contributed by atoms with Crippen LogP contribution in [0.3, 0.4) is 0 Å². The molecule has 1 fully saturated rings. The minimum Gasteiger partial charge on any atom is -0.474 e. The lowest BCUT2D eigenvalue weighted by Crippen LogP contribution is -2.33. The molecule has 1 aromatic heterocycles. The van der Waals surface area contributed by atoms with Crippen molar-refractivity contribution in [3.8, 4) is 5.88 Å². The Labute approximate surface area is 172 Å². The van der Waals surface area contributed by atoms with Crippen LogP contribution >= 0.6 is 24.0 Å². The van der Waals surface area contributed by atoms with Gasteiger partial charge in [-0.15, -0.1) is 24.0 Å². The van der Waals surface area contributed by atoms with Crippen molar-refractivity contribution in [3.63, 3.8) is 0 Å². The second-order valence-corrected chi connectivity index (χ2v) is 6.36. The predicted octanol–water partition coefficient (Wildman–Crippen LogP) is 3.67. The molecule has 1 aromatic carbocycles. The summed E-state index contributed by atoms with van der Waals surface area (Å²) in [4.78, 5) is 8.79. The van der Waals surface area contributed by atoms with Crippen LogP contribution in [0.4, 0.5) is 0 Å². The highest BCUT2D eigenvalue weighted by Gasteiger charge is 2.18. The van der Waals surface area contributed by atoms with E-state index in [-0.39, 0.29) is 24.0 Å². The molecular formula is C20H27IN4O. The van der Waals surface area contributed by atoms with Crippen molar-refractivity contribution in [1.82, 2.24) is 10.3 Å². The van der Waals surface area contributed by atoms with Crippen LogP contribution < -0.4 is 15.8 Å². The molecule has 6 heteroatoms. The molecule has 5 nitrogen and oxygen atoms in total. The van der Waals surface area contributed by atoms with Crippen molar-refractivity contribution < 1.29 is 4.74 Å². The summed E-state index contributed by atoms with van der Waals surface area (Å²) in [5, 5.41) is 3.16. The van der Waals surface area contributed by atoms with E-state index in [4.69, 9.17) is 10.5 Å². The number of benzene rings is 1. The first-order chi connectivity index (χ1) is 12.3. The Kier molecular flexibility index (Phi) is 8.67. The van der Waals surface area contributed by atoms with Crippen molar-refractivity contribution in [2.45, 2.75) is 44.8 Å². The van der Waals surface area contributed by atoms with Crippen molar-refractivity contribution in [2.24, 2.45) is 10.7 Å². The Bertz CT molecular complexity index is 687. The van der Waals surface area contributed by atoms with E-state index in [0.717, 1.165) is 31.4 Å². The van der Waals surface area contributed by atoms with Gasteiger partial charge >= 0.3 is 0 Å². The molecule has 0 spiro atoms. The third kappa shape index (κ3) is 6.48. The van der Waals surface area contributed by atoms with Crippen molar-refractivity contribution in [3.05, 3.63) is 59.8 Å². The van der Waals surface area contributed by atoms with Crippen LogP contribution in [0.1, 0.15) is 36.8 Å². The maximum atomic E-state index is 6.04. The van der Waals surface area contributed by atoms with Crippen LogP contribution in [-0.4, -0.2) is 23.6 Å². The first-order valence-electron chi connectivity index (χ1n) is 8.99. The molecule has 0 amide bonds. The summed E-state index contributed by atoms with van der Waals surface area (Å²) >= 11 is 0.